The summed E-state index contributed by atoms with van der Waals surface area (Å²) in [6.45, 7) is 8.19. The molecule has 0 saturated carbocycles. The summed E-state index contributed by atoms with van der Waals surface area (Å²) < 4.78 is 11.6. The van der Waals surface area contributed by atoms with Crippen molar-refractivity contribution in [1.29, 1.82) is 0 Å². The van der Waals surface area contributed by atoms with Gasteiger partial charge in [0.05, 0.1) is 18.8 Å². The molecule has 3 heteroatoms. The van der Waals surface area contributed by atoms with E-state index in [1.54, 1.807) is 0 Å². The molecule has 0 bridgehead atoms. The van der Waals surface area contributed by atoms with Gasteiger partial charge in [0.25, 0.3) is 0 Å². The average Bonchev–Trinajstić information content (AvgIpc) is 2.38. The average molecular weight is 252 g/mol. The zero-order valence-electron chi connectivity index (χ0n) is 11.8. The normalized spacial score (nSPS) is 14.1. The quantitative estimate of drug-likeness (QED) is 0.806. The standard InChI is InChI=1S/C15H24O3/c1-5-11(3)17-14-8-7-13(10-16)15(9-14)18-12(4)6-2/h7-9,11-12,16H,5-6,10H2,1-4H3. The Bertz CT molecular complexity index is 363. The highest BCUT2D eigenvalue weighted by molar-refractivity contribution is 5.40. The summed E-state index contributed by atoms with van der Waals surface area (Å²) in [5.74, 6) is 1.51. The van der Waals surface area contributed by atoms with Gasteiger partial charge in [-0.05, 0) is 38.8 Å². The van der Waals surface area contributed by atoms with Crippen molar-refractivity contribution in [3.63, 3.8) is 0 Å². The number of ether oxygens (including phenoxy) is 2. The highest BCUT2D eigenvalue weighted by atomic mass is 16.5. The number of benzene rings is 1. The fourth-order valence-corrected chi connectivity index (χ4v) is 1.46. The Morgan fingerprint density at radius 1 is 1.06 bits per heavy atom. The maximum atomic E-state index is 9.30. The van der Waals surface area contributed by atoms with E-state index in [1.165, 1.54) is 0 Å². The van der Waals surface area contributed by atoms with Crippen LogP contribution in [0.5, 0.6) is 11.5 Å². The van der Waals surface area contributed by atoms with Crippen LogP contribution in [0.3, 0.4) is 0 Å². The van der Waals surface area contributed by atoms with E-state index < -0.39 is 0 Å². The lowest BCUT2D eigenvalue weighted by Gasteiger charge is -2.18. The van der Waals surface area contributed by atoms with Gasteiger partial charge in [0.1, 0.15) is 11.5 Å². The minimum Gasteiger partial charge on any atom is -0.491 e. The number of hydrogen-bond donors (Lipinski definition) is 1. The van der Waals surface area contributed by atoms with Crippen molar-refractivity contribution in [2.45, 2.75) is 59.4 Å². The van der Waals surface area contributed by atoms with E-state index in [1.807, 2.05) is 32.0 Å². The van der Waals surface area contributed by atoms with Gasteiger partial charge < -0.3 is 14.6 Å². The summed E-state index contributed by atoms with van der Waals surface area (Å²) in [6, 6.07) is 5.60. The lowest BCUT2D eigenvalue weighted by atomic mass is 10.2. The largest absolute Gasteiger partial charge is 0.491 e. The molecule has 1 aromatic carbocycles. The second-order valence-corrected chi connectivity index (χ2v) is 4.60. The number of aliphatic hydroxyl groups excluding tert-OH is 1. The second-order valence-electron chi connectivity index (χ2n) is 4.60. The molecular formula is C15H24O3. The van der Waals surface area contributed by atoms with Crippen LogP contribution in [0.25, 0.3) is 0 Å². The molecule has 1 aromatic rings. The first-order valence-electron chi connectivity index (χ1n) is 6.67. The van der Waals surface area contributed by atoms with Crippen molar-refractivity contribution in [2.75, 3.05) is 0 Å². The van der Waals surface area contributed by atoms with Crippen LogP contribution in [0.15, 0.2) is 18.2 Å². The highest BCUT2D eigenvalue weighted by Gasteiger charge is 2.10. The van der Waals surface area contributed by atoms with Crippen LogP contribution in [0.4, 0.5) is 0 Å². The van der Waals surface area contributed by atoms with E-state index in [0.717, 1.165) is 24.2 Å². The minimum absolute atomic E-state index is 0.0185. The zero-order valence-corrected chi connectivity index (χ0v) is 11.8. The smallest absolute Gasteiger partial charge is 0.128 e. The summed E-state index contributed by atoms with van der Waals surface area (Å²) in [6.07, 6.45) is 2.21. The van der Waals surface area contributed by atoms with E-state index in [9.17, 15) is 5.11 Å². The van der Waals surface area contributed by atoms with Gasteiger partial charge in [-0.15, -0.1) is 0 Å². The lowest BCUT2D eigenvalue weighted by molar-refractivity contribution is 0.197. The van der Waals surface area contributed by atoms with Crippen molar-refractivity contribution in [3.05, 3.63) is 23.8 Å². The highest BCUT2D eigenvalue weighted by Crippen LogP contribution is 2.27. The summed E-state index contributed by atoms with van der Waals surface area (Å²) in [5.41, 5.74) is 0.798. The molecule has 1 N–H and O–H groups in total. The Labute approximate surface area is 110 Å². The lowest BCUT2D eigenvalue weighted by Crippen LogP contribution is -2.13. The predicted octanol–water partition coefficient (Wildman–Crippen LogP) is 3.53. The van der Waals surface area contributed by atoms with Gasteiger partial charge in [-0.25, -0.2) is 0 Å². The van der Waals surface area contributed by atoms with Crippen molar-refractivity contribution in [1.82, 2.24) is 0 Å². The molecule has 0 aliphatic heterocycles. The molecule has 0 heterocycles. The summed E-state index contributed by atoms with van der Waals surface area (Å²) in [7, 11) is 0. The number of hydrogen-bond acceptors (Lipinski definition) is 3. The molecule has 1 rings (SSSR count). The molecule has 2 atom stereocenters. The summed E-state index contributed by atoms with van der Waals surface area (Å²) >= 11 is 0. The summed E-state index contributed by atoms with van der Waals surface area (Å²) in [5, 5.41) is 9.30. The van der Waals surface area contributed by atoms with Gasteiger partial charge in [-0.2, -0.15) is 0 Å². The van der Waals surface area contributed by atoms with E-state index in [4.69, 9.17) is 9.47 Å². The molecule has 0 spiro atoms. The third kappa shape index (κ3) is 4.22. The van der Waals surface area contributed by atoms with E-state index in [2.05, 4.69) is 13.8 Å². The molecule has 0 aromatic heterocycles. The molecule has 18 heavy (non-hydrogen) atoms. The topological polar surface area (TPSA) is 38.7 Å². The van der Waals surface area contributed by atoms with Gasteiger partial charge >= 0.3 is 0 Å². The molecular weight excluding hydrogens is 228 g/mol. The minimum atomic E-state index is -0.0185. The van der Waals surface area contributed by atoms with Crippen LogP contribution in [-0.2, 0) is 6.61 Å². The van der Waals surface area contributed by atoms with Crippen molar-refractivity contribution >= 4 is 0 Å². The molecule has 2 unspecified atom stereocenters. The zero-order chi connectivity index (χ0) is 13.5. The Balaban J connectivity index is 2.87. The fraction of sp³-hybridized carbons (Fsp3) is 0.600. The van der Waals surface area contributed by atoms with E-state index in [0.29, 0.717) is 5.75 Å². The van der Waals surface area contributed by atoms with Crippen LogP contribution in [-0.4, -0.2) is 17.3 Å². The Kier molecular flexibility index (Phi) is 5.99. The monoisotopic (exact) mass is 252 g/mol. The van der Waals surface area contributed by atoms with E-state index in [-0.39, 0.29) is 18.8 Å². The molecule has 0 aliphatic rings. The summed E-state index contributed by atoms with van der Waals surface area (Å²) in [4.78, 5) is 0. The van der Waals surface area contributed by atoms with E-state index >= 15 is 0 Å². The van der Waals surface area contributed by atoms with Gasteiger partial charge in [0.2, 0.25) is 0 Å². The van der Waals surface area contributed by atoms with Gasteiger partial charge in [-0.3, -0.25) is 0 Å². The first-order chi connectivity index (χ1) is 8.60. The van der Waals surface area contributed by atoms with Crippen LogP contribution < -0.4 is 9.47 Å². The molecule has 0 aliphatic carbocycles. The van der Waals surface area contributed by atoms with Crippen molar-refractivity contribution in [2.24, 2.45) is 0 Å². The maximum Gasteiger partial charge on any atom is 0.128 e. The molecule has 0 amide bonds. The SMILES string of the molecule is CCC(C)Oc1ccc(CO)c(OC(C)CC)c1. The van der Waals surface area contributed by atoms with Crippen LogP contribution in [0.1, 0.15) is 46.1 Å². The van der Waals surface area contributed by atoms with Crippen molar-refractivity contribution < 1.29 is 14.6 Å². The Morgan fingerprint density at radius 2 is 1.67 bits per heavy atom. The second kappa shape index (κ2) is 7.27. The predicted molar refractivity (Wildman–Crippen MR) is 73.1 cm³/mol. The van der Waals surface area contributed by atoms with Gasteiger partial charge in [0, 0.05) is 11.6 Å². The van der Waals surface area contributed by atoms with Crippen LogP contribution in [0.2, 0.25) is 0 Å². The third-order valence-corrected chi connectivity index (χ3v) is 3.02. The number of aliphatic hydroxyl groups is 1. The number of rotatable bonds is 7. The molecule has 3 nitrogen and oxygen atoms in total. The molecule has 0 saturated heterocycles. The van der Waals surface area contributed by atoms with Crippen LogP contribution in [0, 0.1) is 0 Å². The fourth-order valence-electron chi connectivity index (χ4n) is 1.46. The van der Waals surface area contributed by atoms with Crippen LogP contribution >= 0.6 is 0 Å². The molecule has 102 valence electrons. The van der Waals surface area contributed by atoms with Crippen molar-refractivity contribution in [3.8, 4) is 11.5 Å². The van der Waals surface area contributed by atoms with Gasteiger partial charge in [0.15, 0.2) is 0 Å². The first-order valence-corrected chi connectivity index (χ1v) is 6.67. The van der Waals surface area contributed by atoms with Gasteiger partial charge in [-0.1, -0.05) is 13.8 Å². The Morgan fingerprint density at radius 3 is 2.22 bits per heavy atom. The Hall–Kier alpha value is -1.22. The first kappa shape index (κ1) is 14.8. The maximum absolute atomic E-state index is 9.30. The third-order valence-electron chi connectivity index (χ3n) is 3.02. The molecule has 0 radical (unpaired) electrons. The molecule has 0 fully saturated rings.